The van der Waals surface area contributed by atoms with Crippen molar-refractivity contribution in [3.63, 3.8) is 0 Å². The zero-order valence-corrected chi connectivity index (χ0v) is 7.18. The summed E-state index contributed by atoms with van der Waals surface area (Å²) in [6, 6.07) is 0. The molecular weight excluding hydrogens is 138 g/mol. The van der Waals surface area contributed by atoms with Crippen LogP contribution in [0.2, 0.25) is 0 Å². The van der Waals surface area contributed by atoms with Crippen molar-refractivity contribution < 1.29 is 4.42 Å². The third-order valence-corrected chi connectivity index (χ3v) is 1.78. The Morgan fingerprint density at radius 2 is 2.27 bits per heavy atom. The molecule has 0 spiro atoms. The second kappa shape index (κ2) is 4.19. The van der Waals surface area contributed by atoms with E-state index < -0.39 is 0 Å². The van der Waals surface area contributed by atoms with E-state index in [-0.39, 0.29) is 0 Å². The highest BCUT2D eigenvalue weighted by Crippen LogP contribution is 2.08. The first-order chi connectivity index (χ1) is 5.34. The van der Waals surface area contributed by atoms with Crippen molar-refractivity contribution in [1.82, 2.24) is 5.32 Å². The van der Waals surface area contributed by atoms with Crippen molar-refractivity contribution in [1.29, 1.82) is 0 Å². The monoisotopic (exact) mass is 153 g/mol. The van der Waals surface area contributed by atoms with Crippen LogP contribution in [-0.2, 0) is 6.42 Å². The van der Waals surface area contributed by atoms with E-state index in [9.17, 15) is 0 Å². The van der Waals surface area contributed by atoms with Gasteiger partial charge in [0.1, 0.15) is 0 Å². The molecule has 0 aromatic carbocycles. The third kappa shape index (κ3) is 2.39. The lowest BCUT2D eigenvalue weighted by Crippen LogP contribution is -2.16. The Labute approximate surface area is 67.6 Å². The predicted octanol–water partition coefficient (Wildman–Crippen LogP) is 1.74. The van der Waals surface area contributed by atoms with E-state index >= 15 is 0 Å². The molecule has 1 N–H and O–H groups in total. The lowest BCUT2D eigenvalue weighted by atomic mass is 10.1. The van der Waals surface area contributed by atoms with Crippen LogP contribution in [0.25, 0.3) is 0 Å². The molecule has 0 amide bonds. The van der Waals surface area contributed by atoms with Crippen molar-refractivity contribution in [2.24, 2.45) is 0 Å². The highest BCUT2D eigenvalue weighted by Gasteiger charge is 1.98. The number of likely N-dealkylation sites (N-methyl/N-ethyl adjacent to an activating group) is 1. The zero-order valence-electron chi connectivity index (χ0n) is 7.18. The molecule has 0 saturated heterocycles. The summed E-state index contributed by atoms with van der Waals surface area (Å²) in [5.41, 5.74) is 2.56. The first kappa shape index (κ1) is 8.34. The van der Waals surface area contributed by atoms with Crippen molar-refractivity contribution in [3.05, 3.63) is 23.7 Å². The molecular formula is C9H15NO. The summed E-state index contributed by atoms with van der Waals surface area (Å²) in [5.74, 6) is 0. The maximum atomic E-state index is 5.05. The van der Waals surface area contributed by atoms with Crippen molar-refractivity contribution >= 4 is 0 Å². The summed E-state index contributed by atoms with van der Waals surface area (Å²) in [4.78, 5) is 0. The molecule has 62 valence electrons. The van der Waals surface area contributed by atoms with Gasteiger partial charge in [-0.15, -0.1) is 0 Å². The lowest BCUT2D eigenvalue weighted by Gasteiger charge is -1.98. The fourth-order valence-corrected chi connectivity index (χ4v) is 1.04. The van der Waals surface area contributed by atoms with Crippen LogP contribution in [0.1, 0.15) is 18.1 Å². The standard InChI is InChI=1S/C9H15NO/c1-3-10-5-4-9-7-11-6-8(9)2/h6-7,10H,3-5H2,1-2H3. The topological polar surface area (TPSA) is 25.2 Å². The third-order valence-electron chi connectivity index (χ3n) is 1.78. The maximum absolute atomic E-state index is 5.05. The van der Waals surface area contributed by atoms with Gasteiger partial charge in [-0.2, -0.15) is 0 Å². The zero-order chi connectivity index (χ0) is 8.10. The Morgan fingerprint density at radius 1 is 1.45 bits per heavy atom. The molecule has 0 aliphatic carbocycles. The van der Waals surface area contributed by atoms with E-state index in [1.807, 2.05) is 6.26 Å². The summed E-state index contributed by atoms with van der Waals surface area (Å²) < 4.78 is 5.05. The number of hydrogen-bond donors (Lipinski definition) is 1. The van der Waals surface area contributed by atoms with Gasteiger partial charge in [-0.05, 0) is 37.6 Å². The first-order valence-electron chi connectivity index (χ1n) is 4.07. The molecule has 2 heteroatoms. The van der Waals surface area contributed by atoms with Crippen molar-refractivity contribution in [2.45, 2.75) is 20.3 Å². The molecule has 0 aliphatic rings. The van der Waals surface area contributed by atoms with Gasteiger partial charge in [-0.3, -0.25) is 0 Å². The molecule has 0 aliphatic heterocycles. The summed E-state index contributed by atoms with van der Waals surface area (Å²) >= 11 is 0. The van der Waals surface area contributed by atoms with E-state index in [0.717, 1.165) is 19.5 Å². The minimum absolute atomic E-state index is 1.04. The van der Waals surface area contributed by atoms with Crippen LogP contribution >= 0.6 is 0 Å². The van der Waals surface area contributed by atoms with Gasteiger partial charge in [0.05, 0.1) is 12.5 Å². The highest BCUT2D eigenvalue weighted by molar-refractivity contribution is 5.18. The van der Waals surface area contributed by atoms with E-state index in [2.05, 4.69) is 19.2 Å². The number of rotatable bonds is 4. The Bertz CT molecular complexity index is 205. The van der Waals surface area contributed by atoms with Crippen LogP contribution in [0.3, 0.4) is 0 Å². The summed E-state index contributed by atoms with van der Waals surface area (Å²) in [6.45, 7) is 6.26. The number of furan rings is 1. The average molecular weight is 153 g/mol. The van der Waals surface area contributed by atoms with Crippen LogP contribution in [0.4, 0.5) is 0 Å². The lowest BCUT2D eigenvalue weighted by molar-refractivity contribution is 0.561. The van der Waals surface area contributed by atoms with Gasteiger partial charge in [-0.1, -0.05) is 6.92 Å². The maximum Gasteiger partial charge on any atom is 0.0937 e. The Hall–Kier alpha value is -0.760. The number of aryl methyl sites for hydroxylation is 1. The van der Waals surface area contributed by atoms with Crippen molar-refractivity contribution in [2.75, 3.05) is 13.1 Å². The molecule has 0 fully saturated rings. The molecule has 1 aromatic rings. The number of nitrogens with one attached hydrogen (secondary N) is 1. The Kier molecular flexibility index (Phi) is 3.17. The van der Waals surface area contributed by atoms with Crippen LogP contribution in [0.5, 0.6) is 0 Å². The van der Waals surface area contributed by atoms with Gasteiger partial charge in [0.25, 0.3) is 0 Å². The molecule has 0 bridgehead atoms. The van der Waals surface area contributed by atoms with Gasteiger partial charge in [0.15, 0.2) is 0 Å². The Morgan fingerprint density at radius 3 is 2.82 bits per heavy atom. The fraction of sp³-hybridized carbons (Fsp3) is 0.556. The Balaban J connectivity index is 2.32. The molecule has 1 heterocycles. The summed E-state index contributed by atoms with van der Waals surface area (Å²) in [6.07, 6.45) is 4.68. The molecule has 0 atom stereocenters. The van der Waals surface area contributed by atoms with Gasteiger partial charge in [0.2, 0.25) is 0 Å². The van der Waals surface area contributed by atoms with Crippen LogP contribution in [0.15, 0.2) is 16.9 Å². The number of hydrogen-bond acceptors (Lipinski definition) is 2. The van der Waals surface area contributed by atoms with E-state index in [1.165, 1.54) is 11.1 Å². The van der Waals surface area contributed by atoms with Gasteiger partial charge in [0, 0.05) is 0 Å². The molecule has 2 nitrogen and oxygen atoms in total. The summed E-state index contributed by atoms with van der Waals surface area (Å²) in [7, 11) is 0. The van der Waals surface area contributed by atoms with Crippen LogP contribution in [0, 0.1) is 6.92 Å². The fourth-order valence-electron chi connectivity index (χ4n) is 1.04. The van der Waals surface area contributed by atoms with Gasteiger partial charge >= 0.3 is 0 Å². The largest absolute Gasteiger partial charge is 0.472 e. The van der Waals surface area contributed by atoms with Gasteiger partial charge in [-0.25, -0.2) is 0 Å². The minimum atomic E-state index is 1.04. The van der Waals surface area contributed by atoms with Gasteiger partial charge < -0.3 is 9.73 Å². The summed E-state index contributed by atoms with van der Waals surface area (Å²) in [5, 5.41) is 3.27. The molecule has 0 radical (unpaired) electrons. The van der Waals surface area contributed by atoms with E-state index in [1.54, 1.807) is 6.26 Å². The predicted molar refractivity (Wildman–Crippen MR) is 45.7 cm³/mol. The molecule has 0 unspecified atom stereocenters. The van der Waals surface area contributed by atoms with E-state index in [0.29, 0.717) is 0 Å². The second-order valence-electron chi connectivity index (χ2n) is 2.68. The SMILES string of the molecule is CCNCCc1cocc1C. The van der Waals surface area contributed by atoms with E-state index in [4.69, 9.17) is 4.42 Å². The smallest absolute Gasteiger partial charge is 0.0937 e. The first-order valence-corrected chi connectivity index (χ1v) is 4.07. The van der Waals surface area contributed by atoms with Crippen LogP contribution in [-0.4, -0.2) is 13.1 Å². The average Bonchev–Trinajstić information content (AvgIpc) is 2.37. The molecule has 11 heavy (non-hydrogen) atoms. The molecule has 1 rings (SSSR count). The minimum Gasteiger partial charge on any atom is -0.472 e. The van der Waals surface area contributed by atoms with Crippen LogP contribution < -0.4 is 5.32 Å². The highest BCUT2D eigenvalue weighted by atomic mass is 16.3. The normalized spacial score (nSPS) is 10.4. The van der Waals surface area contributed by atoms with Crippen molar-refractivity contribution in [3.8, 4) is 0 Å². The molecule has 0 saturated carbocycles. The second-order valence-corrected chi connectivity index (χ2v) is 2.68. The quantitative estimate of drug-likeness (QED) is 0.666. The molecule has 1 aromatic heterocycles.